The van der Waals surface area contributed by atoms with Gasteiger partial charge in [-0.3, -0.25) is 9.59 Å². The molecule has 0 radical (unpaired) electrons. The highest BCUT2D eigenvalue weighted by atomic mass is 35.5. The molecule has 0 bridgehead atoms. The number of rotatable bonds is 4. The van der Waals surface area contributed by atoms with E-state index in [0.29, 0.717) is 11.1 Å². The Balaban J connectivity index is 1.62. The van der Waals surface area contributed by atoms with Crippen molar-refractivity contribution in [2.45, 2.75) is 41.6 Å². The maximum absolute atomic E-state index is 14.2. The lowest BCUT2D eigenvalue weighted by molar-refractivity contribution is -0.122. The zero-order valence-corrected chi connectivity index (χ0v) is 22.8. The quantitative estimate of drug-likeness (QED) is 0.285. The predicted molar refractivity (Wildman–Crippen MR) is 144 cm³/mol. The third-order valence-corrected chi connectivity index (χ3v) is 9.38. The number of anilines is 1. The molecule has 1 aliphatic carbocycles. The highest BCUT2D eigenvalue weighted by Crippen LogP contribution is 2.64. The maximum atomic E-state index is 14.2. The van der Waals surface area contributed by atoms with Crippen LogP contribution in [-0.4, -0.2) is 47.2 Å². The van der Waals surface area contributed by atoms with E-state index in [9.17, 15) is 28.7 Å². The number of phenolic OH excluding ortho intramolecular Hbond substituents is 1. The van der Waals surface area contributed by atoms with Crippen molar-refractivity contribution in [3.8, 4) is 11.5 Å². The van der Waals surface area contributed by atoms with Crippen molar-refractivity contribution >= 4 is 40.7 Å². The van der Waals surface area contributed by atoms with E-state index in [1.54, 1.807) is 19.1 Å². The number of halogens is 3. The van der Waals surface area contributed by atoms with Gasteiger partial charge in [0.2, 0.25) is 0 Å². The molecule has 40 heavy (non-hydrogen) atoms. The van der Waals surface area contributed by atoms with Gasteiger partial charge in [0.15, 0.2) is 21.2 Å². The van der Waals surface area contributed by atoms with Crippen LogP contribution >= 0.6 is 23.2 Å². The van der Waals surface area contributed by atoms with Crippen LogP contribution in [0.3, 0.4) is 0 Å². The summed E-state index contributed by atoms with van der Waals surface area (Å²) in [6.07, 6.45) is 1.44. The Hall–Kier alpha value is -3.83. The fraction of sp³-hybridized carbons (Fsp3) is 0.333. The van der Waals surface area contributed by atoms with Crippen molar-refractivity contribution < 1.29 is 23.8 Å². The van der Waals surface area contributed by atoms with Crippen molar-refractivity contribution in [1.29, 1.82) is 0 Å². The largest absolute Gasteiger partial charge is 0.504 e. The van der Waals surface area contributed by atoms with Crippen LogP contribution in [0.1, 0.15) is 30.9 Å². The van der Waals surface area contributed by atoms with E-state index in [-0.39, 0.29) is 36.8 Å². The molecule has 2 aromatic carbocycles. The molecule has 3 aromatic rings. The van der Waals surface area contributed by atoms with Crippen molar-refractivity contribution in [1.82, 2.24) is 13.9 Å². The maximum Gasteiger partial charge on any atom is 0.347 e. The molecule has 2 fully saturated rings. The number of fused-ring (bicyclic) bond motifs is 4. The average molecular weight is 589 g/mol. The van der Waals surface area contributed by atoms with E-state index in [4.69, 9.17) is 27.9 Å². The number of benzene rings is 2. The molecule has 2 amide bonds. The van der Waals surface area contributed by atoms with Crippen LogP contribution < -0.4 is 21.0 Å². The summed E-state index contributed by atoms with van der Waals surface area (Å²) in [4.78, 5) is 50.9. The minimum absolute atomic E-state index is 0.0136. The van der Waals surface area contributed by atoms with Crippen molar-refractivity contribution in [2.24, 2.45) is 7.05 Å². The zero-order chi connectivity index (χ0) is 28.7. The monoisotopic (exact) mass is 588 g/mol. The summed E-state index contributed by atoms with van der Waals surface area (Å²) in [6, 6.07) is 8.30. The molecule has 2 aliphatic heterocycles. The van der Waals surface area contributed by atoms with Crippen LogP contribution in [0.5, 0.6) is 11.5 Å². The van der Waals surface area contributed by atoms with Crippen LogP contribution in [0, 0.1) is 5.82 Å². The number of alkyl halides is 2. The summed E-state index contributed by atoms with van der Waals surface area (Å²) in [5.41, 5.74) is -0.174. The number of ether oxygens (including phenoxy) is 1. The molecule has 1 saturated carbocycles. The van der Waals surface area contributed by atoms with E-state index in [2.05, 4.69) is 0 Å². The molecule has 208 valence electrons. The van der Waals surface area contributed by atoms with E-state index in [1.165, 1.54) is 40.7 Å². The molecule has 0 spiro atoms. The first-order valence-electron chi connectivity index (χ1n) is 12.5. The molecule has 3 aliphatic rings. The molecule has 6 rings (SSSR count). The zero-order valence-electron chi connectivity index (χ0n) is 21.3. The summed E-state index contributed by atoms with van der Waals surface area (Å²) in [5, 5.41) is 10.4. The van der Waals surface area contributed by atoms with Crippen molar-refractivity contribution in [2.75, 3.05) is 11.5 Å². The van der Waals surface area contributed by atoms with Gasteiger partial charge in [-0.1, -0.05) is 12.1 Å². The molecular formula is C27H23Cl2FN4O6. The van der Waals surface area contributed by atoms with Crippen molar-refractivity contribution in [3.63, 3.8) is 0 Å². The summed E-state index contributed by atoms with van der Waals surface area (Å²) in [6.45, 7) is 1.99. The summed E-state index contributed by atoms with van der Waals surface area (Å²) < 4.78 is 22.7. The molecule has 1 aromatic heterocycles. The second kappa shape index (κ2) is 8.84. The Bertz CT molecular complexity index is 1740. The number of allylic oxidation sites excluding steroid dienone is 2. The number of hydrogen-bond acceptors (Lipinski definition) is 6. The lowest BCUT2D eigenvalue weighted by Crippen LogP contribution is -2.59. The molecule has 10 nitrogen and oxygen atoms in total. The Labute approximate surface area is 236 Å². The number of imide groups is 1. The second-order valence-electron chi connectivity index (χ2n) is 10.0. The van der Waals surface area contributed by atoms with Crippen LogP contribution in [0.4, 0.5) is 10.1 Å². The highest BCUT2D eigenvalue weighted by Gasteiger charge is 2.75. The Morgan fingerprint density at radius 3 is 2.42 bits per heavy atom. The van der Waals surface area contributed by atoms with Gasteiger partial charge in [0.05, 0.1) is 24.9 Å². The standard InChI is InChI=1S/C27H23Cl2FN4O6/c1-3-40-20-12-14(4-9-19(20)35)21-17-10-11-32-24(38)31(2)25(39)34(32)18(17)13-26(28)22(36)33(23(37)27(21,26)29)16-7-5-15(30)6-8-16/h4-10,12,18,21,35H,3,11,13H2,1-2H3/t18-,21+,26-,27+/m1/s1. The van der Waals surface area contributed by atoms with Gasteiger partial charge in [0, 0.05) is 19.4 Å². The van der Waals surface area contributed by atoms with Crippen LogP contribution in [0.25, 0.3) is 0 Å². The minimum Gasteiger partial charge on any atom is -0.504 e. The fourth-order valence-electron chi connectivity index (χ4n) is 6.13. The van der Waals surface area contributed by atoms with Gasteiger partial charge in [-0.2, -0.15) is 0 Å². The first kappa shape index (κ1) is 26.4. The summed E-state index contributed by atoms with van der Waals surface area (Å²) >= 11 is 14.5. The molecule has 4 atom stereocenters. The van der Waals surface area contributed by atoms with Gasteiger partial charge in [-0.05, 0) is 54.5 Å². The molecule has 1 saturated heterocycles. The SMILES string of the molecule is CCOc1cc([C@H]2C3=CCn4c(=O)n(C)c(=O)n4[C@@H]3C[C@@]3(Cl)C(=O)N(c4ccc(F)cc4)C(=O)[C@@]23Cl)ccc1O. The number of amides is 2. The van der Waals surface area contributed by atoms with E-state index in [1.807, 2.05) is 0 Å². The first-order chi connectivity index (χ1) is 19.0. The van der Waals surface area contributed by atoms with Crippen LogP contribution in [-0.2, 0) is 23.2 Å². The van der Waals surface area contributed by atoms with E-state index >= 15 is 0 Å². The Morgan fingerprint density at radius 2 is 1.75 bits per heavy atom. The third kappa shape index (κ3) is 3.27. The normalized spacial score (nSPS) is 27.2. The van der Waals surface area contributed by atoms with E-state index in [0.717, 1.165) is 21.6 Å². The van der Waals surface area contributed by atoms with Crippen LogP contribution in [0.15, 0.2) is 63.7 Å². The molecule has 0 unspecified atom stereocenters. The van der Waals surface area contributed by atoms with Crippen LogP contribution in [0.2, 0.25) is 0 Å². The minimum atomic E-state index is -2.09. The topological polar surface area (TPSA) is 116 Å². The second-order valence-corrected chi connectivity index (χ2v) is 11.2. The van der Waals surface area contributed by atoms with E-state index < -0.39 is 50.7 Å². The first-order valence-corrected chi connectivity index (χ1v) is 13.3. The number of nitrogens with zero attached hydrogens (tertiary/aromatic N) is 4. The highest BCUT2D eigenvalue weighted by molar-refractivity contribution is 6.58. The van der Waals surface area contributed by atoms with Gasteiger partial charge in [-0.25, -0.2) is 32.8 Å². The van der Waals surface area contributed by atoms with Gasteiger partial charge >= 0.3 is 11.4 Å². The Morgan fingerprint density at radius 1 is 1.05 bits per heavy atom. The van der Waals surface area contributed by atoms with Gasteiger partial charge < -0.3 is 9.84 Å². The lowest BCUT2D eigenvalue weighted by Gasteiger charge is -2.49. The number of aromatic nitrogens is 3. The number of carbonyl (C=O) groups is 2. The summed E-state index contributed by atoms with van der Waals surface area (Å²) in [5.74, 6) is -3.32. The molecule has 13 heteroatoms. The van der Waals surface area contributed by atoms with Crippen molar-refractivity contribution in [3.05, 3.63) is 86.5 Å². The molecule has 1 N–H and O–H groups in total. The Kier molecular flexibility index (Phi) is 5.83. The third-order valence-electron chi connectivity index (χ3n) is 7.97. The average Bonchev–Trinajstić information content (AvgIpc) is 3.24. The smallest absolute Gasteiger partial charge is 0.347 e. The summed E-state index contributed by atoms with van der Waals surface area (Å²) in [7, 11) is 1.35. The number of carbonyl (C=O) groups excluding carboxylic acids is 2. The number of aromatic hydroxyl groups is 1. The fourth-order valence-corrected chi connectivity index (χ4v) is 7.04. The molecular weight excluding hydrogens is 566 g/mol. The lowest BCUT2D eigenvalue weighted by atomic mass is 9.64. The number of phenols is 1. The molecule has 3 heterocycles. The predicted octanol–water partition coefficient (Wildman–Crippen LogP) is 2.79. The van der Waals surface area contributed by atoms with Gasteiger partial charge in [0.1, 0.15) is 5.82 Å². The number of hydrogen-bond donors (Lipinski definition) is 1. The van der Waals surface area contributed by atoms with Gasteiger partial charge in [0.25, 0.3) is 11.8 Å². The van der Waals surface area contributed by atoms with Gasteiger partial charge in [-0.15, -0.1) is 23.2 Å².